The van der Waals surface area contributed by atoms with Crippen LogP contribution in [0.25, 0.3) is 0 Å². The number of alkyl halides is 2. The molecule has 4 aliphatic heterocycles. The Kier molecular flexibility index (Phi) is 12.2. The average Bonchev–Trinajstić information content (AvgIpc) is 3.72. The van der Waals surface area contributed by atoms with Crippen LogP contribution < -0.4 is 5.73 Å². The third kappa shape index (κ3) is 9.25. The number of nitrogens with two attached hydrogens (primary N) is 1. The summed E-state index contributed by atoms with van der Waals surface area (Å²) in [5.74, 6) is 5.65. The zero-order valence-corrected chi connectivity index (χ0v) is 20.4. The van der Waals surface area contributed by atoms with E-state index in [1.165, 1.54) is 5.92 Å². The Balaban J connectivity index is 0.000000454. The minimum absolute atomic E-state index is 0. The van der Waals surface area contributed by atoms with E-state index in [4.69, 9.17) is 25.0 Å². The molecule has 4 aliphatic rings. The molecule has 11 heteroatoms. The first-order chi connectivity index (χ1) is 16.6. The molecule has 0 aromatic heterocycles. The van der Waals surface area contributed by atoms with Crippen molar-refractivity contribution in [3.63, 3.8) is 0 Å². The van der Waals surface area contributed by atoms with Gasteiger partial charge in [0.25, 0.3) is 11.3 Å². The molecule has 0 atom stereocenters. The van der Waals surface area contributed by atoms with E-state index in [2.05, 4.69) is 72.0 Å². The topological polar surface area (TPSA) is 125 Å². The van der Waals surface area contributed by atoms with Gasteiger partial charge in [0.2, 0.25) is 5.66 Å². The Morgan fingerprint density at radius 3 is 1.50 bits per heavy atom. The van der Waals surface area contributed by atoms with E-state index in [9.17, 15) is 8.78 Å². The summed E-state index contributed by atoms with van der Waals surface area (Å²) in [5.41, 5.74) is 2.77. The first kappa shape index (κ1) is 32.5. The second kappa shape index (κ2) is 13.5. The average molecular weight is 500 g/mol. The Hall–Kier alpha value is -3.54. The van der Waals surface area contributed by atoms with Gasteiger partial charge in [-0.3, -0.25) is 0 Å². The smallest absolute Gasteiger partial charge is 0.326 e. The zero-order valence-electron chi connectivity index (χ0n) is 20.4. The van der Waals surface area contributed by atoms with Crippen LogP contribution in [0.15, 0.2) is 40.9 Å². The highest BCUT2D eigenvalue weighted by Gasteiger charge is 2.60. The summed E-state index contributed by atoms with van der Waals surface area (Å²) in [5, 5.41) is 29.2. The van der Waals surface area contributed by atoms with Gasteiger partial charge in [0.05, 0.1) is 13.0 Å². The third-order valence-electron chi connectivity index (χ3n) is 5.41. The van der Waals surface area contributed by atoms with Gasteiger partial charge >= 0.3 is 5.92 Å². The van der Waals surface area contributed by atoms with Crippen LogP contribution >= 0.6 is 0 Å². The van der Waals surface area contributed by atoms with E-state index in [1.54, 1.807) is 6.92 Å². The van der Waals surface area contributed by atoms with Gasteiger partial charge in [-0.15, -0.1) is 47.8 Å². The summed E-state index contributed by atoms with van der Waals surface area (Å²) in [6.45, 7) is 6.09. The zero-order chi connectivity index (χ0) is 26.6. The molecule has 0 aromatic rings. The molecule has 0 bridgehead atoms. The van der Waals surface area contributed by atoms with Crippen molar-refractivity contribution in [2.24, 2.45) is 46.6 Å². The fourth-order valence-electron chi connectivity index (χ4n) is 2.56. The molecule has 0 aromatic carbocycles. The van der Waals surface area contributed by atoms with Crippen molar-refractivity contribution in [1.82, 2.24) is 0 Å². The van der Waals surface area contributed by atoms with E-state index in [0.717, 1.165) is 32.1 Å². The van der Waals surface area contributed by atoms with Gasteiger partial charge in [-0.2, -0.15) is 39.5 Å². The minimum atomic E-state index is -3.21. The third-order valence-corrected chi connectivity index (χ3v) is 5.41. The van der Waals surface area contributed by atoms with Crippen LogP contribution in [0.2, 0.25) is 0 Å². The minimum Gasteiger partial charge on any atom is -0.326 e. The van der Waals surface area contributed by atoms with Gasteiger partial charge in [-0.25, -0.2) is 0 Å². The molecule has 4 heterocycles. The number of halogens is 2. The largest absolute Gasteiger partial charge is 0.355 e. The molecule has 2 N–H and O–H groups in total. The molecular weight excluding hydrogens is 464 g/mol. The van der Waals surface area contributed by atoms with Gasteiger partial charge in [-0.1, -0.05) is 34.6 Å². The molecule has 4 rings (SSSR count). The lowest BCUT2D eigenvalue weighted by Gasteiger charge is -2.13. The van der Waals surface area contributed by atoms with E-state index >= 15 is 0 Å². The van der Waals surface area contributed by atoms with Crippen LogP contribution in [0.1, 0.15) is 73.1 Å². The Morgan fingerprint density at radius 1 is 0.778 bits per heavy atom. The predicted molar refractivity (Wildman–Crippen MR) is 136 cm³/mol. The van der Waals surface area contributed by atoms with Crippen molar-refractivity contribution in [2.45, 2.75) is 102 Å². The first-order valence-electron chi connectivity index (χ1n) is 11.2. The standard InChI is InChI=1S/C8H12N2.C6H6F2N2.C6H8N2.C4H5N3.CH4/c1-3-5-7-8(6-4-2)9-10-8;1-3-5(7,8)6(4-2)9-10-6;1-3-5-6(4-2)7-8-6;1-2-4(3-5)6-7-4;/h1H,4-7H2,2H3;1H,4H2,2H3;1H,4-5H2,2H3;1H,3,5H2;1H4. The fraction of sp³-hybridized carbons (Fsp3) is 0.680. The normalized spacial score (nSPS) is 19.3. The summed E-state index contributed by atoms with van der Waals surface area (Å²) in [6.07, 6.45) is 25.4. The molecule has 0 fully saturated rings. The van der Waals surface area contributed by atoms with Crippen LogP contribution in [-0.2, 0) is 0 Å². The summed E-state index contributed by atoms with van der Waals surface area (Å²) >= 11 is 0. The van der Waals surface area contributed by atoms with Gasteiger partial charge < -0.3 is 5.73 Å². The van der Waals surface area contributed by atoms with E-state index < -0.39 is 17.2 Å². The Bertz CT molecular complexity index is 992. The van der Waals surface area contributed by atoms with Crippen molar-refractivity contribution >= 4 is 0 Å². The van der Waals surface area contributed by atoms with Crippen molar-refractivity contribution in [3.8, 4) is 49.4 Å². The molecule has 0 radical (unpaired) electrons. The summed E-state index contributed by atoms with van der Waals surface area (Å²) in [4.78, 5) is 0. The second-order valence-electron chi connectivity index (χ2n) is 8.01. The summed E-state index contributed by atoms with van der Waals surface area (Å²) in [7, 11) is 0. The highest BCUT2D eigenvalue weighted by molar-refractivity contribution is 5.18. The summed E-state index contributed by atoms with van der Waals surface area (Å²) < 4.78 is 25.1. The molecular formula is C25H35F2N9. The maximum absolute atomic E-state index is 12.6. The Labute approximate surface area is 213 Å². The molecule has 0 saturated carbocycles. The van der Waals surface area contributed by atoms with Crippen LogP contribution in [0.5, 0.6) is 0 Å². The van der Waals surface area contributed by atoms with Gasteiger partial charge in [-0.05, 0) is 24.7 Å². The first-order valence-corrected chi connectivity index (χ1v) is 11.2. The summed E-state index contributed by atoms with van der Waals surface area (Å²) in [6, 6.07) is 0. The lowest BCUT2D eigenvalue weighted by Crippen LogP contribution is -2.34. The quantitative estimate of drug-likeness (QED) is 0.376. The van der Waals surface area contributed by atoms with Gasteiger partial charge in [0.15, 0.2) is 5.66 Å². The van der Waals surface area contributed by atoms with Crippen molar-refractivity contribution in [1.29, 1.82) is 0 Å². The lowest BCUT2D eigenvalue weighted by atomic mass is 10.0. The molecule has 0 unspecified atom stereocenters. The molecule has 0 saturated heterocycles. The van der Waals surface area contributed by atoms with Crippen molar-refractivity contribution in [3.05, 3.63) is 0 Å². The monoisotopic (exact) mass is 499 g/mol. The fourth-order valence-corrected chi connectivity index (χ4v) is 2.56. The second-order valence-corrected chi connectivity index (χ2v) is 8.01. The lowest BCUT2D eigenvalue weighted by molar-refractivity contribution is 0.0149. The van der Waals surface area contributed by atoms with E-state index in [0.29, 0.717) is 13.0 Å². The van der Waals surface area contributed by atoms with Gasteiger partial charge in [0, 0.05) is 19.3 Å². The molecule has 194 valence electrons. The highest BCUT2D eigenvalue weighted by atomic mass is 19.3. The number of hydrogen-bond acceptors (Lipinski definition) is 9. The maximum Gasteiger partial charge on any atom is 0.355 e. The van der Waals surface area contributed by atoms with Gasteiger partial charge in [0.1, 0.15) is 0 Å². The predicted octanol–water partition coefficient (Wildman–Crippen LogP) is 6.15. The van der Waals surface area contributed by atoms with Crippen molar-refractivity contribution in [2.75, 3.05) is 6.54 Å². The molecule has 0 aliphatic carbocycles. The highest BCUT2D eigenvalue weighted by Crippen LogP contribution is 2.45. The maximum atomic E-state index is 12.6. The molecule has 0 spiro atoms. The van der Waals surface area contributed by atoms with Crippen LogP contribution in [0, 0.1) is 49.4 Å². The molecule has 9 nitrogen and oxygen atoms in total. The SMILES string of the molecule is C.C#CC(F)(F)C1(CC)N=N1.C#CC1(CN)N=N1.C#CCC1(CC)N=N1.C#CCCC1(CCC)N=N1. The van der Waals surface area contributed by atoms with Crippen LogP contribution in [0.4, 0.5) is 8.78 Å². The Morgan fingerprint density at radius 2 is 1.33 bits per heavy atom. The number of nitrogens with zero attached hydrogens (tertiary/aromatic N) is 8. The van der Waals surface area contributed by atoms with Crippen LogP contribution in [0.3, 0.4) is 0 Å². The van der Waals surface area contributed by atoms with Crippen molar-refractivity contribution < 1.29 is 8.78 Å². The number of terminal acetylenes is 4. The van der Waals surface area contributed by atoms with E-state index in [1.807, 2.05) is 6.92 Å². The van der Waals surface area contributed by atoms with Crippen LogP contribution in [-0.4, -0.2) is 35.1 Å². The number of hydrogen-bond donors (Lipinski definition) is 1. The molecule has 36 heavy (non-hydrogen) atoms. The van der Waals surface area contributed by atoms with E-state index in [-0.39, 0.29) is 25.2 Å². The molecule has 0 amide bonds. The number of rotatable bonds is 9.